The van der Waals surface area contributed by atoms with Gasteiger partial charge in [-0.2, -0.15) is 15.2 Å². The third-order valence-electron chi connectivity index (χ3n) is 8.20. The van der Waals surface area contributed by atoms with Crippen LogP contribution in [0.25, 0.3) is 32.9 Å². The molecule has 0 spiro atoms. The van der Waals surface area contributed by atoms with Crippen LogP contribution in [0.2, 0.25) is 0 Å². The summed E-state index contributed by atoms with van der Waals surface area (Å²) in [5.74, 6) is 0.197. The number of piperazine rings is 1. The highest BCUT2D eigenvalue weighted by atomic mass is 19.1. The number of fused-ring (bicyclic) bond motifs is 2. The molecule has 41 heavy (non-hydrogen) atoms. The number of aromatic nitrogens is 3. The van der Waals surface area contributed by atoms with E-state index in [4.69, 9.17) is 14.5 Å². The highest BCUT2D eigenvalue weighted by Gasteiger charge is 2.32. The lowest BCUT2D eigenvalue weighted by atomic mass is 9.97. The van der Waals surface area contributed by atoms with E-state index in [2.05, 4.69) is 38.2 Å². The van der Waals surface area contributed by atoms with Crippen molar-refractivity contribution in [2.75, 3.05) is 58.4 Å². The highest BCUT2D eigenvalue weighted by Crippen LogP contribution is 2.36. The smallest absolute Gasteiger partial charge is 0.319 e. The van der Waals surface area contributed by atoms with Crippen LogP contribution in [0.4, 0.5) is 10.2 Å². The van der Waals surface area contributed by atoms with E-state index >= 15 is 4.39 Å². The molecule has 0 saturated carbocycles. The molecule has 2 aromatic heterocycles. The molecule has 2 fully saturated rings. The van der Waals surface area contributed by atoms with Crippen LogP contribution >= 0.6 is 0 Å². The van der Waals surface area contributed by atoms with Gasteiger partial charge in [0.1, 0.15) is 17.0 Å². The van der Waals surface area contributed by atoms with Crippen molar-refractivity contribution >= 4 is 27.5 Å². The number of aryl methyl sites for hydroxylation is 1. The van der Waals surface area contributed by atoms with E-state index in [0.29, 0.717) is 43.9 Å². The average molecular weight is 556 g/mol. The van der Waals surface area contributed by atoms with E-state index in [0.717, 1.165) is 35.0 Å². The molecule has 0 unspecified atom stereocenters. The van der Waals surface area contributed by atoms with E-state index in [-0.39, 0.29) is 35.3 Å². The molecule has 6 rings (SSSR count). The van der Waals surface area contributed by atoms with Gasteiger partial charge in [0, 0.05) is 63.6 Å². The van der Waals surface area contributed by atoms with Crippen LogP contribution in [0.15, 0.2) is 42.6 Å². The largest absolute Gasteiger partial charge is 0.463 e. The van der Waals surface area contributed by atoms with Gasteiger partial charge in [0.05, 0.1) is 30.6 Å². The molecule has 0 radical (unpaired) electrons. The van der Waals surface area contributed by atoms with E-state index in [9.17, 15) is 5.26 Å². The topological polar surface area (TPSA) is 99.4 Å². The van der Waals surface area contributed by atoms with Crippen molar-refractivity contribution < 1.29 is 13.9 Å². The lowest BCUT2D eigenvalue weighted by Gasteiger charge is -2.34. The van der Waals surface area contributed by atoms with Gasteiger partial charge in [-0.05, 0) is 30.3 Å². The molecule has 212 valence electrons. The van der Waals surface area contributed by atoms with Crippen LogP contribution in [0.3, 0.4) is 0 Å². The van der Waals surface area contributed by atoms with Crippen molar-refractivity contribution in [2.45, 2.75) is 25.5 Å². The molecule has 2 aliphatic heterocycles. The Labute approximate surface area is 238 Å². The number of likely N-dealkylation sites (N-methyl/N-ethyl adjacent to an activating group) is 1. The summed E-state index contributed by atoms with van der Waals surface area (Å²) < 4.78 is 28.4. The zero-order valence-electron chi connectivity index (χ0n) is 23.6. The van der Waals surface area contributed by atoms with Crippen molar-refractivity contribution in [3.05, 3.63) is 54.0 Å². The number of likely N-dealkylation sites (tertiary alicyclic amines) is 1. The Morgan fingerprint density at radius 2 is 1.98 bits per heavy atom. The molecule has 2 saturated heterocycles. The maximum atomic E-state index is 16.5. The minimum absolute atomic E-state index is 0.0182. The zero-order valence-corrected chi connectivity index (χ0v) is 23.6. The van der Waals surface area contributed by atoms with Crippen LogP contribution < -0.4 is 15.0 Å². The fourth-order valence-electron chi connectivity index (χ4n) is 6.16. The number of hydrogen-bond acceptors (Lipinski definition) is 9. The predicted octanol–water partition coefficient (Wildman–Crippen LogP) is 3.94. The molecule has 0 aliphatic carbocycles. The Bertz CT molecular complexity index is 1620. The summed E-state index contributed by atoms with van der Waals surface area (Å²) in [5.41, 5.74) is 2.18. The second kappa shape index (κ2) is 11.5. The van der Waals surface area contributed by atoms with E-state index < -0.39 is 5.82 Å². The molecule has 4 heterocycles. The fourth-order valence-corrected chi connectivity index (χ4v) is 6.16. The Kier molecular flexibility index (Phi) is 7.67. The van der Waals surface area contributed by atoms with Gasteiger partial charge < -0.3 is 24.6 Å². The number of nitrogens with zero attached hydrogens (tertiary/aromatic N) is 6. The van der Waals surface area contributed by atoms with Gasteiger partial charge in [-0.25, -0.2) is 4.39 Å². The number of benzene rings is 2. The number of methoxy groups -OCH3 is 1. The third-order valence-corrected chi connectivity index (χ3v) is 8.20. The van der Waals surface area contributed by atoms with Crippen molar-refractivity contribution in [2.24, 2.45) is 5.92 Å². The number of nitrogens with one attached hydrogen (secondary N) is 1. The lowest BCUT2D eigenvalue weighted by Crippen LogP contribution is -2.51. The third kappa shape index (κ3) is 5.28. The SMILES string of the molecule is CO[C@@H]1CN(C)C[C@H]1COc1nc(N2CCN[C@@H](CC#N)C2)c2cnc(-c3cccc4cccc(C)c34)c(F)c2n1. The minimum Gasteiger partial charge on any atom is -0.463 e. The number of hydrogen-bond donors (Lipinski definition) is 1. The van der Waals surface area contributed by atoms with Gasteiger partial charge in [-0.1, -0.05) is 36.4 Å². The first-order chi connectivity index (χ1) is 20.0. The van der Waals surface area contributed by atoms with Gasteiger partial charge >= 0.3 is 6.01 Å². The molecule has 4 aromatic rings. The summed E-state index contributed by atoms with van der Waals surface area (Å²) in [4.78, 5) is 18.3. The van der Waals surface area contributed by atoms with E-state index in [1.807, 2.05) is 43.3 Å². The maximum absolute atomic E-state index is 16.5. The molecule has 3 atom stereocenters. The van der Waals surface area contributed by atoms with Crippen LogP contribution in [-0.4, -0.2) is 85.5 Å². The van der Waals surface area contributed by atoms with Gasteiger partial charge in [0.15, 0.2) is 5.82 Å². The van der Waals surface area contributed by atoms with Gasteiger partial charge in [0.25, 0.3) is 0 Å². The molecular weight excluding hydrogens is 521 g/mol. The molecule has 10 heteroatoms. The molecular formula is C31H34FN7O2. The average Bonchev–Trinajstić information content (AvgIpc) is 3.35. The highest BCUT2D eigenvalue weighted by molar-refractivity contribution is 6.00. The predicted molar refractivity (Wildman–Crippen MR) is 156 cm³/mol. The fraction of sp³-hybridized carbons (Fsp3) is 0.419. The van der Waals surface area contributed by atoms with Crippen molar-refractivity contribution in [3.8, 4) is 23.3 Å². The molecule has 2 aromatic carbocycles. The van der Waals surface area contributed by atoms with Gasteiger partial charge in [-0.15, -0.1) is 0 Å². The summed E-state index contributed by atoms with van der Waals surface area (Å²) >= 11 is 0. The van der Waals surface area contributed by atoms with Gasteiger partial charge in [-0.3, -0.25) is 4.98 Å². The standard InChI is InChI=1S/C31H34FN7O2/c1-19-6-4-7-20-8-5-9-23(26(19)20)28-27(32)29-24(14-35-28)30(39-13-12-34-22(16-39)10-11-33)37-31(36-29)41-18-21-15-38(2)17-25(21)40-3/h4-9,14,21-22,25,34H,10,12-13,15-18H2,1-3H3/t21-,22-,25+/m0/s1. The first kappa shape index (κ1) is 27.3. The molecule has 1 N–H and O–H groups in total. The summed E-state index contributed by atoms with van der Waals surface area (Å²) in [6.07, 6.45) is 2.08. The number of ether oxygens (including phenoxy) is 2. The minimum atomic E-state index is -0.508. The Morgan fingerprint density at radius 1 is 1.15 bits per heavy atom. The summed E-state index contributed by atoms with van der Waals surface area (Å²) in [6.45, 7) is 5.92. The molecule has 2 aliphatic rings. The van der Waals surface area contributed by atoms with Crippen LogP contribution in [0.1, 0.15) is 12.0 Å². The second-order valence-corrected chi connectivity index (χ2v) is 11.0. The van der Waals surface area contributed by atoms with E-state index in [1.165, 1.54) is 0 Å². The van der Waals surface area contributed by atoms with Gasteiger partial charge in [0.2, 0.25) is 0 Å². The van der Waals surface area contributed by atoms with Crippen LogP contribution in [0.5, 0.6) is 6.01 Å². The Hall–Kier alpha value is -3.91. The number of halogens is 1. The first-order valence-electron chi connectivity index (χ1n) is 14.0. The monoisotopic (exact) mass is 555 g/mol. The summed E-state index contributed by atoms with van der Waals surface area (Å²) in [7, 11) is 3.76. The molecule has 0 amide bonds. The molecule has 0 bridgehead atoms. The van der Waals surface area contributed by atoms with Crippen LogP contribution in [0, 0.1) is 30.0 Å². The first-order valence-corrected chi connectivity index (χ1v) is 14.0. The summed E-state index contributed by atoms with van der Waals surface area (Å²) in [5, 5.41) is 15.1. The number of pyridine rings is 1. The second-order valence-electron chi connectivity index (χ2n) is 11.0. The van der Waals surface area contributed by atoms with Crippen molar-refractivity contribution in [1.82, 2.24) is 25.2 Å². The van der Waals surface area contributed by atoms with E-state index in [1.54, 1.807) is 13.3 Å². The zero-order chi connectivity index (χ0) is 28.5. The number of nitriles is 1. The number of anilines is 1. The quantitative estimate of drug-likeness (QED) is 0.364. The summed E-state index contributed by atoms with van der Waals surface area (Å²) in [6, 6.07) is 14.2. The van der Waals surface area contributed by atoms with Crippen molar-refractivity contribution in [1.29, 1.82) is 5.26 Å². The Morgan fingerprint density at radius 3 is 2.78 bits per heavy atom. The Balaban J connectivity index is 1.45. The maximum Gasteiger partial charge on any atom is 0.319 e. The normalized spacial score (nSPS) is 21.4. The van der Waals surface area contributed by atoms with Crippen molar-refractivity contribution in [3.63, 3.8) is 0 Å². The molecule has 9 nitrogen and oxygen atoms in total. The number of rotatable bonds is 7. The van der Waals surface area contributed by atoms with Crippen LogP contribution in [-0.2, 0) is 4.74 Å². The lowest BCUT2D eigenvalue weighted by molar-refractivity contribution is 0.0594.